The number of hydrazine groups is 1. The zero-order chi connectivity index (χ0) is 19.1. The van der Waals surface area contributed by atoms with E-state index in [1.165, 1.54) is 0 Å². The Labute approximate surface area is 157 Å². The first kappa shape index (κ1) is 19.4. The van der Waals surface area contributed by atoms with Crippen molar-refractivity contribution in [3.63, 3.8) is 0 Å². The fourth-order valence-corrected chi connectivity index (χ4v) is 2.30. The van der Waals surface area contributed by atoms with Gasteiger partial charge in [0.25, 0.3) is 11.8 Å². The topological polar surface area (TPSA) is 79.5 Å². The molecule has 0 aliphatic rings. The van der Waals surface area contributed by atoms with Gasteiger partial charge in [-0.05, 0) is 60.1 Å². The van der Waals surface area contributed by atoms with Gasteiger partial charge in [0.2, 0.25) is 0 Å². The minimum atomic E-state index is -0.384. The molecule has 136 valence electrons. The van der Waals surface area contributed by atoms with Gasteiger partial charge in [-0.3, -0.25) is 25.8 Å². The van der Waals surface area contributed by atoms with Gasteiger partial charge in [0.05, 0.1) is 7.11 Å². The minimum Gasteiger partial charge on any atom is -0.497 e. The van der Waals surface area contributed by atoms with Crippen molar-refractivity contribution >= 4 is 29.1 Å². The molecule has 0 saturated heterocycles. The van der Waals surface area contributed by atoms with Crippen LogP contribution in [0, 0.1) is 0 Å². The summed E-state index contributed by atoms with van der Waals surface area (Å²) in [6.45, 7) is 4.17. The van der Waals surface area contributed by atoms with Gasteiger partial charge in [-0.1, -0.05) is 26.0 Å². The number of hydrogen-bond donors (Lipinski definition) is 3. The summed E-state index contributed by atoms with van der Waals surface area (Å²) < 4.78 is 5.04. The number of carbonyl (C=O) groups excluding carboxylic acids is 2. The molecule has 0 heterocycles. The number of carbonyl (C=O) groups is 2. The Hall–Kier alpha value is -2.93. The lowest BCUT2D eigenvalue weighted by Gasteiger charge is -2.11. The van der Waals surface area contributed by atoms with Crippen molar-refractivity contribution in [1.82, 2.24) is 16.2 Å². The number of nitrogens with one attached hydrogen (secondary N) is 3. The lowest BCUT2D eigenvalue weighted by atomic mass is 10.0. The third kappa shape index (κ3) is 5.29. The normalized spacial score (nSPS) is 10.2. The highest BCUT2D eigenvalue weighted by Crippen LogP contribution is 2.14. The van der Waals surface area contributed by atoms with Crippen LogP contribution in [0.15, 0.2) is 48.5 Å². The molecule has 0 saturated carbocycles. The summed E-state index contributed by atoms with van der Waals surface area (Å²) in [5.41, 5.74) is 7.00. The maximum Gasteiger partial charge on any atom is 0.269 e. The van der Waals surface area contributed by atoms with Crippen molar-refractivity contribution in [2.75, 3.05) is 7.11 Å². The highest BCUT2D eigenvalue weighted by molar-refractivity contribution is 7.80. The lowest BCUT2D eigenvalue weighted by Crippen LogP contribution is -2.48. The number of thiocarbonyl (C=S) groups is 1. The molecule has 2 aromatic carbocycles. The van der Waals surface area contributed by atoms with Gasteiger partial charge in [-0.2, -0.15) is 0 Å². The first-order chi connectivity index (χ1) is 12.4. The van der Waals surface area contributed by atoms with E-state index in [2.05, 4.69) is 30.0 Å². The standard InChI is InChI=1S/C19H21N3O3S/c1-12(2)13-4-6-14(7-5-13)17(23)20-19(26)22-21-18(24)15-8-10-16(25-3)11-9-15/h4-12H,1-3H3,(H,21,24)(H2,20,22,23,26). The zero-order valence-electron chi connectivity index (χ0n) is 14.8. The maximum atomic E-state index is 12.2. The van der Waals surface area contributed by atoms with E-state index in [0.717, 1.165) is 5.56 Å². The van der Waals surface area contributed by atoms with Crippen molar-refractivity contribution in [2.24, 2.45) is 0 Å². The van der Waals surface area contributed by atoms with E-state index < -0.39 is 0 Å². The van der Waals surface area contributed by atoms with Gasteiger partial charge in [0.15, 0.2) is 5.11 Å². The van der Waals surface area contributed by atoms with Gasteiger partial charge in [-0.15, -0.1) is 0 Å². The molecular formula is C19H21N3O3S. The van der Waals surface area contributed by atoms with Crippen molar-refractivity contribution < 1.29 is 14.3 Å². The van der Waals surface area contributed by atoms with E-state index >= 15 is 0 Å². The molecular weight excluding hydrogens is 350 g/mol. The van der Waals surface area contributed by atoms with Crippen LogP contribution in [0.2, 0.25) is 0 Å². The lowest BCUT2D eigenvalue weighted by molar-refractivity contribution is 0.0934. The van der Waals surface area contributed by atoms with Crippen LogP contribution in [0.1, 0.15) is 46.0 Å². The summed E-state index contributed by atoms with van der Waals surface area (Å²) in [5.74, 6) is 0.311. The van der Waals surface area contributed by atoms with Gasteiger partial charge in [0.1, 0.15) is 5.75 Å². The first-order valence-electron chi connectivity index (χ1n) is 8.06. The van der Waals surface area contributed by atoms with E-state index in [1.54, 1.807) is 43.5 Å². The van der Waals surface area contributed by atoms with Crippen LogP contribution < -0.4 is 20.9 Å². The molecule has 0 fully saturated rings. The van der Waals surface area contributed by atoms with Crippen LogP contribution >= 0.6 is 12.2 Å². The fourth-order valence-electron chi connectivity index (χ4n) is 2.15. The molecule has 6 nitrogen and oxygen atoms in total. The summed E-state index contributed by atoms with van der Waals surface area (Å²) in [6.07, 6.45) is 0. The zero-order valence-corrected chi connectivity index (χ0v) is 15.6. The second kappa shape index (κ2) is 8.96. The van der Waals surface area contributed by atoms with Crippen LogP contribution in [0.5, 0.6) is 5.75 Å². The Morgan fingerprint density at radius 2 is 1.42 bits per heavy atom. The van der Waals surface area contributed by atoms with Gasteiger partial charge in [-0.25, -0.2) is 0 Å². The number of benzene rings is 2. The summed E-state index contributed by atoms with van der Waals surface area (Å²) in [5, 5.41) is 2.52. The molecule has 26 heavy (non-hydrogen) atoms. The fraction of sp³-hybridized carbons (Fsp3) is 0.211. The molecule has 0 aliphatic carbocycles. The summed E-state index contributed by atoms with van der Waals surface area (Å²) in [6, 6.07) is 13.9. The van der Waals surface area contributed by atoms with Gasteiger partial charge >= 0.3 is 0 Å². The molecule has 2 aromatic rings. The molecule has 0 atom stereocenters. The Balaban J connectivity index is 1.85. The summed E-state index contributed by atoms with van der Waals surface area (Å²) in [7, 11) is 1.55. The minimum absolute atomic E-state index is 0.00444. The predicted octanol–water partition coefficient (Wildman–Crippen LogP) is 2.77. The second-order valence-electron chi connectivity index (χ2n) is 5.87. The molecule has 0 aliphatic heterocycles. The highest BCUT2D eigenvalue weighted by Gasteiger charge is 2.10. The van der Waals surface area contributed by atoms with E-state index in [4.69, 9.17) is 17.0 Å². The number of rotatable bonds is 4. The molecule has 7 heteroatoms. The molecule has 0 radical (unpaired) electrons. The Bertz CT molecular complexity index is 787. The van der Waals surface area contributed by atoms with Crippen LogP contribution in [0.4, 0.5) is 0 Å². The first-order valence-corrected chi connectivity index (χ1v) is 8.47. The third-order valence-electron chi connectivity index (χ3n) is 3.71. The van der Waals surface area contributed by atoms with E-state index in [0.29, 0.717) is 22.8 Å². The number of methoxy groups -OCH3 is 1. The molecule has 0 unspecified atom stereocenters. The van der Waals surface area contributed by atoms with Gasteiger partial charge < -0.3 is 4.74 Å². The second-order valence-corrected chi connectivity index (χ2v) is 6.28. The van der Waals surface area contributed by atoms with Crippen LogP contribution in [-0.4, -0.2) is 24.0 Å². The molecule has 2 amide bonds. The Morgan fingerprint density at radius 3 is 1.96 bits per heavy atom. The highest BCUT2D eigenvalue weighted by atomic mass is 32.1. The molecule has 0 aromatic heterocycles. The van der Waals surface area contributed by atoms with Crippen LogP contribution in [-0.2, 0) is 0 Å². The molecule has 0 spiro atoms. The number of ether oxygens (including phenoxy) is 1. The van der Waals surface area contributed by atoms with E-state index in [1.807, 2.05) is 12.1 Å². The quantitative estimate of drug-likeness (QED) is 0.569. The van der Waals surface area contributed by atoms with E-state index in [-0.39, 0.29) is 16.9 Å². The van der Waals surface area contributed by atoms with Crippen LogP contribution in [0.25, 0.3) is 0 Å². The Kier molecular flexibility index (Phi) is 6.68. The van der Waals surface area contributed by atoms with Crippen molar-refractivity contribution in [3.8, 4) is 5.75 Å². The van der Waals surface area contributed by atoms with Crippen molar-refractivity contribution in [2.45, 2.75) is 19.8 Å². The molecule has 2 rings (SSSR count). The van der Waals surface area contributed by atoms with E-state index in [9.17, 15) is 9.59 Å². The Morgan fingerprint density at radius 1 is 0.885 bits per heavy atom. The molecule has 3 N–H and O–H groups in total. The molecule has 0 bridgehead atoms. The smallest absolute Gasteiger partial charge is 0.269 e. The van der Waals surface area contributed by atoms with Gasteiger partial charge in [0, 0.05) is 11.1 Å². The number of amides is 2. The maximum absolute atomic E-state index is 12.2. The van der Waals surface area contributed by atoms with Crippen molar-refractivity contribution in [3.05, 3.63) is 65.2 Å². The monoisotopic (exact) mass is 371 g/mol. The summed E-state index contributed by atoms with van der Waals surface area (Å²) >= 11 is 5.03. The summed E-state index contributed by atoms with van der Waals surface area (Å²) in [4.78, 5) is 24.2. The van der Waals surface area contributed by atoms with Crippen molar-refractivity contribution in [1.29, 1.82) is 0 Å². The SMILES string of the molecule is COc1ccc(C(=O)NNC(=S)NC(=O)c2ccc(C(C)C)cc2)cc1. The average molecular weight is 371 g/mol. The largest absolute Gasteiger partial charge is 0.497 e. The third-order valence-corrected chi connectivity index (χ3v) is 3.91. The average Bonchev–Trinajstić information content (AvgIpc) is 2.66. The number of hydrogen-bond acceptors (Lipinski definition) is 4. The van der Waals surface area contributed by atoms with Crippen LogP contribution in [0.3, 0.4) is 0 Å². The predicted molar refractivity (Wildman–Crippen MR) is 104 cm³/mol.